The maximum atomic E-state index is 9.75. The van der Waals surface area contributed by atoms with E-state index in [1.165, 1.54) is 25.7 Å². The van der Waals surface area contributed by atoms with Gasteiger partial charge in [-0.1, -0.05) is 13.8 Å². The summed E-state index contributed by atoms with van der Waals surface area (Å²) < 4.78 is 5.75. The molecule has 2 fully saturated rings. The molecule has 1 heterocycles. The van der Waals surface area contributed by atoms with E-state index in [4.69, 9.17) is 4.74 Å². The van der Waals surface area contributed by atoms with E-state index >= 15 is 0 Å². The van der Waals surface area contributed by atoms with Gasteiger partial charge in [0.2, 0.25) is 0 Å². The Balaban J connectivity index is 1.95. The summed E-state index contributed by atoms with van der Waals surface area (Å²) in [4.78, 5) is 2.40. The Morgan fingerprint density at radius 2 is 2.15 bits per heavy atom. The number of ether oxygens (including phenoxy) is 1. The average Bonchev–Trinajstić information content (AvgIpc) is 3.21. The van der Waals surface area contributed by atoms with Gasteiger partial charge in [-0.15, -0.1) is 0 Å². The van der Waals surface area contributed by atoms with Crippen LogP contribution in [0.25, 0.3) is 0 Å². The Morgan fingerprint density at radius 3 is 2.65 bits per heavy atom. The lowest BCUT2D eigenvalue weighted by Crippen LogP contribution is -2.55. The van der Waals surface area contributed by atoms with Crippen LogP contribution in [0, 0.1) is 17.2 Å². The van der Waals surface area contributed by atoms with Crippen molar-refractivity contribution in [3.8, 4) is 6.07 Å². The Labute approximate surface area is 123 Å². The van der Waals surface area contributed by atoms with Crippen LogP contribution >= 0.6 is 0 Å². The van der Waals surface area contributed by atoms with Crippen LogP contribution in [0.15, 0.2) is 0 Å². The highest BCUT2D eigenvalue weighted by Gasteiger charge is 2.46. The Morgan fingerprint density at radius 1 is 1.35 bits per heavy atom. The number of hydrogen-bond donors (Lipinski definition) is 1. The number of nitrogens with zero attached hydrogens (tertiary/aromatic N) is 2. The van der Waals surface area contributed by atoms with E-state index in [2.05, 4.69) is 30.1 Å². The molecule has 2 aliphatic rings. The lowest BCUT2D eigenvalue weighted by molar-refractivity contribution is 0.0658. The SMILES string of the molecule is CCCNC(C#N)(CN(CC)CC1CCCO1)C1CC1. The van der Waals surface area contributed by atoms with Gasteiger partial charge in [-0.3, -0.25) is 10.2 Å². The predicted octanol–water partition coefficient (Wildman–Crippen LogP) is 2.16. The van der Waals surface area contributed by atoms with Crippen molar-refractivity contribution >= 4 is 0 Å². The summed E-state index contributed by atoms with van der Waals surface area (Å²) in [6, 6.07) is 2.61. The van der Waals surface area contributed by atoms with E-state index < -0.39 is 0 Å². The lowest BCUT2D eigenvalue weighted by atomic mass is 9.93. The molecule has 2 atom stereocenters. The Hall–Kier alpha value is -0.630. The molecule has 1 saturated heterocycles. The summed E-state index contributed by atoms with van der Waals surface area (Å²) in [5.41, 5.74) is -0.343. The van der Waals surface area contributed by atoms with Crippen LogP contribution in [0.4, 0.5) is 0 Å². The fourth-order valence-corrected chi connectivity index (χ4v) is 3.15. The molecule has 20 heavy (non-hydrogen) atoms. The van der Waals surface area contributed by atoms with Crippen molar-refractivity contribution in [2.24, 2.45) is 5.92 Å². The van der Waals surface area contributed by atoms with Gasteiger partial charge >= 0.3 is 0 Å². The van der Waals surface area contributed by atoms with Crippen LogP contribution in [0.2, 0.25) is 0 Å². The van der Waals surface area contributed by atoms with Crippen molar-refractivity contribution in [2.75, 3.05) is 32.8 Å². The van der Waals surface area contributed by atoms with Gasteiger partial charge in [-0.25, -0.2) is 0 Å². The highest BCUT2D eigenvalue weighted by atomic mass is 16.5. The fraction of sp³-hybridized carbons (Fsp3) is 0.938. The van der Waals surface area contributed by atoms with Gasteiger partial charge < -0.3 is 4.74 Å². The van der Waals surface area contributed by atoms with Gasteiger partial charge in [0, 0.05) is 19.7 Å². The third-order valence-corrected chi connectivity index (χ3v) is 4.57. The molecule has 0 aromatic rings. The van der Waals surface area contributed by atoms with E-state index in [0.29, 0.717) is 12.0 Å². The first-order valence-corrected chi connectivity index (χ1v) is 8.24. The molecule has 0 aromatic heterocycles. The van der Waals surface area contributed by atoms with Gasteiger partial charge in [-0.05, 0) is 51.1 Å². The largest absolute Gasteiger partial charge is 0.377 e. The predicted molar refractivity (Wildman–Crippen MR) is 80.4 cm³/mol. The maximum Gasteiger partial charge on any atom is 0.122 e. The molecule has 0 amide bonds. The van der Waals surface area contributed by atoms with E-state index in [-0.39, 0.29) is 5.54 Å². The van der Waals surface area contributed by atoms with Crippen molar-refractivity contribution < 1.29 is 4.74 Å². The summed E-state index contributed by atoms with van der Waals surface area (Å²) in [7, 11) is 0. The molecule has 114 valence electrons. The molecular formula is C16H29N3O. The van der Waals surface area contributed by atoms with Crippen LogP contribution in [0.5, 0.6) is 0 Å². The molecule has 2 unspecified atom stereocenters. The van der Waals surface area contributed by atoms with E-state index in [0.717, 1.165) is 39.2 Å². The summed E-state index contributed by atoms with van der Waals surface area (Å²) >= 11 is 0. The first kappa shape index (κ1) is 15.8. The van der Waals surface area contributed by atoms with Crippen LogP contribution in [-0.4, -0.2) is 49.3 Å². The second-order valence-electron chi connectivity index (χ2n) is 6.25. The van der Waals surface area contributed by atoms with Crippen molar-refractivity contribution in [2.45, 2.75) is 57.6 Å². The normalized spacial score (nSPS) is 25.6. The molecule has 4 heteroatoms. The highest BCUT2D eigenvalue weighted by molar-refractivity contribution is 5.16. The monoisotopic (exact) mass is 279 g/mol. The zero-order chi connectivity index (χ0) is 14.4. The summed E-state index contributed by atoms with van der Waals surface area (Å²) in [6.45, 7) is 8.98. The van der Waals surface area contributed by atoms with Gasteiger partial charge in [0.25, 0.3) is 0 Å². The number of hydrogen-bond acceptors (Lipinski definition) is 4. The smallest absolute Gasteiger partial charge is 0.122 e. The third-order valence-electron chi connectivity index (χ3n) is 4.57. The maximum absolute atomic E-state index is 9.75. The number of nitriles is 1. The first-order valence-electron chi connectivity index (χ1n) is 8.24. The Kier molecular flexibility index (Phi) is 5.83. The van der Waals surface area contributed by atoms with Crippen LogP contribution in [0.1, 0.15) is 46.0 Å². The molecule has 2 rings (SSSR count). The topological polar surface area (TPSA) is 48.3 Å². The molecule has 1 saturated carbocycles. The average molecular weight is 279 g/mol. The molecule has 1 aliphatic heterocycles. The van der Waals surface area contributed by atoms with Gasteiger partial charge in [-0.2, -0.15) is 5.26 Å². The van der Waals surface area contributed by atoms with E-state index in [1.54, 1.807) is 0 Å². The summed E-state index contributed by atoms with van der Waals surface area (Å²) in [5.74, 6) is 0.539. The molecule has 0 aromatic carbocycles. The number of likely N-dealkylation sites (N-methyl/N-ethyl adjacent to an activating group) is 1. The van der Waals surface area contributed by atoms with E-state index in [1.807, 2.05) is 0 Å². The van der Waals surface area contributed by atoms with Crippen molar-refractivity contribution in [1.29, 1.82) is 5.26 Å². The third kappa shape index (κ3) is 3.94. The molecule has 0 spiro atoms. The standard InChI is InChI=1S/C16H29N3O/c1-3-9-18-16(12-17,14-7-8-14)13-19(4-2)11-15-6-5-10-20-15/h14-15,18H,3-11,13H2,1-2H3. The first-order chi connectivity index (χ1) is 9.74. The molecule has 0 bridgehead atoms. The van der Waals surface area contributed by atoms with Crippen LogP contribution in [0.3, 0.4) is 0 Å². The molecule has 0 radical (unpaired) electrons. The molecular weight excluding hydrogens is 250 g/mol. The number of rotatable bonds is 9. The summed E-state index contributed by atoms with van der Waals surface area (Å²) in [6.07, 6.45) is 6.19. The second kappa shape index (κ2) is 7.40. The van der Waals surface area contributed by atoms with Gasteiger partial charge in [0.15, 0.2) is 0 Å². The van der Waals surface area contributed by atoms with Crippen molar-refractivity contribution in [3.63, 3.8) is 0 Å². The van der Waals surface area contributed by atoms with Crippen molar-refractivity contribution in [3.05, 3.63) is 0 Å². The minimum absolute atomic E-state index is 0.343. The molecule has 1 aliphatic carbocycles. The van der Waals surface area contributed by atoms with E-state index in [9.17, 15) is 5.26 Å². The quantitative estimate of drug-likeness (QED) is 0.702. The van der Waals surface area contributed by atoms with Crippen molar-refractivity contribution in [1.82, 2.24) is 10.2 Å². The van der Waals surface area contributed by atoms with Gasteiger partial charge in [0.05, 0.1) is 12.2 Å². The van der Waals surface area contributed by atoms with Crippen LogP contribution < -0.4 is 5.32 Å². The number of nitrogens with one attached hydrogen (secondary N) is 1. The van der Waals surface area contributed by atoms with Crippen LogP contribution in [-0.2, 0) is 4.74 Å². The fourth-order valence-electron chi connectivity index (χ4n) is 3.15. The second-order valence-corrected chi connectivity index (χ2v) is 6.25. The summed E-state index contributed by atoms with van der Waals surface area (Å²) in [5, 5.41) is 13.3. The zero-order valence-corrected chi connectivity index (χ0v) is 13.0. The highest BCUT2D eigenvalue weighted by Crippen LogP contribution is 2.40. The molecule has 1 N–H and O–H groups in total. The lowest BCUT2D eigenvalue weighted by Gasteiger charge is -2.35. The molecule has 4 nitrogen and oxygen atoms in total. The minimum atomic E-state index is -0.343. The minimum Gasteiger partial charge on any atom is -0.377 e. The van der Waals surface area contributed by atoms with Gasteiger partial charge in [0.1, 0.15) is 5.54 Å². The zero-order valence-electron chi connectivity index (χ0n) is 13.0. The Bertz CT molecular complexity index is 331.